The van der Waals surface area contributed by atoms with E-state index in [9.17, 15) is 9.59 Å². The van der Waals surface area contributed by atoms with Gasteiger partial charge in [-0.1, -0.05) is 12.1 Å². The maximum atomic E-state index is 12.6. The first-order chi connectivity index (χ1) is 12.7. The maximum Gasteiger partial charge on any atom is 0.321 e. The summed E-state index contributed by atoms with van der Waals surface area (Å²) in [5.41, 5.74) is 1.35. The van der Waals surface area contributed by atoms with Crippen molar-refractivity contribution in [3.8, 4) is 0 Å². The minimum absolute atomic E-state index is 0. The van der Waals surface area contributed by atoms with Crippen molar-refractivity contribution in [2.24, 2.45) is 5.92 Å². The molecule has 2 atom stereocenters. The van der Waals surface area contributed by atoms with Gasteiger partial charge in [-0.05, 0) is 56.6 Å². The summed E-state index contributed by atoms with van der Waals surface area (Å²) in [6, 6.07) is 8.56. The van der Waals surface area contributed by atoms with Gasteiger partial charge in [-0.3, -0.25) is 4.79 Å². The molecule has 3 aliphatic rings. The number of hydrogen-bond donors (Lipinski definition) is 3. The molecule has 0 radical (unpaired) electrons. The van der Waals surface area contributed by atoms with Gasteiger partial charge in [0, 0.05) is 31.6 Å². The van der Waals surface area contributed by atoms with E-state index < -0.39 is 0 Å². The Labute approximate surface area is 166 Å². The molecule has 1 aromatic carbocycles. The molecule has 3 fully saturated rings. The first-order valence-electron chi connectivity index (χ1n) is 9.88. The largest absolute Gasteiger partial charge is 0.325 e. The van der Waals surface area contributed by atoms with Crippen LogP contribution in [0.5, 0.6) is 0 Å². The molecule has 3 N–H and O–H groups in total. The molecule has 3 aliphatic heterocycles. The predicted octanol–water partition coefficient (Wildman–Crippen LogP) is 3.60. The molecule has 2 bridgehead atoms. The van der Waals surface area contributed by atoms with E-state index in [1.807, 2.05) is 29.2 Å². The second kappa shape index (κ2) is 8.93. The fraction of sp³-hybridized carbons (Fsp3) is 0.600. The highest BCUT2D eigenvalue weighted by atomic mass is 35.5. The fourth-order valence-corrected chi connectivity index (χ4v) is 4.62. The lowest BCUT2D eigenvalue weighted by Gasteiger charge is -2.28. The number of nitrogens with one attached hydrogen (secondary N) is 3. The predicted molar refractivity (Wildman–Crippen MR) is 109 cm³/mol. The molecule has 0 spiro atoms. The number of carbonyl (C=O) groups is 2. The average molecular weight is 393 g/mol. The Morgan fingerprint density at radius 3 is 2.22 bits per heavy atom. The molecule has 6 nitrogen and oxygen atoms in total. The molecule has 27 heavy (non-hydrogen) atoms. The van der Waals surface area contributed by atoms with Crippen molar-refractivity contribution in [3.63, 3.8) is 0 Å². The number of benzene rings is 1. The van der Waals surface area contributed by atoms with Crippen LogP contribution in [0.3, 0.4) is 0 Å². The highest BCUT2D eigenvalue weighted by Crippen LogP contribution is 2.33. The smallest absolute Gasteiger partial charge is 0.321 e. The van der Waals surface area contributed by atoms with Crippen LogP contribution in [0.4, 0.5) is 16.2 Å². The van der Waals surface area contributed by atoms with Crippen LogP contribution in [0.2, 0.25) is 0 Å². The van der Waals surface area contributed by atoms with Gasteiger partial charge in [0.1, 0.15) is 0 Å². The Hall–Kier alpha value is -1.79. The van der Waals surface area contributed by atoms with Crippen molar-refractivity contribution in [2.75, 3.05) is 23.7 Å². The Kier molecular flexibility index (Phi) is 6.60. The average Bonchev–Trinajstić information content (AvgIpc) is 3.26. The zero-order valence-corrected chi connectivity index (χ0v) is 16.4. The quantitative estimate of drug-likeness (QED) is 0.733. The molecule has 0 saturated carbocycles. The third kappa shape index (κ3) is 4.93. The van der Waals surface area contributed by atoms with Crippen molar-refractivity contribution < 1.29 is 9.59 Å². The molecular formula is C20H29ClN4O2. The van der Waals surface area contributed by atoms with Crippen LogP contribution >= 0.6 is 12.4 Å². The second-order valence-corrected chi connectivity index (χ2v) is 7.90. The standard InChI is InChI=1S/C20H28N4O2.ClH/c25-19(13-14-11-15-7-8-16(12-14)21-15)22-17-5-1-2-6-18(17)23-20(26)24-9-3-4-10-24;/h1-2,5-6,14-16,21H,3-4,7-13H2,(H,22,25)(H,23,26);1H. The maximum absolute atomic E-state index is 12.6. The summed E-state index contributed by atoms with van der Waals surface area (Å²) in [5, 5.41) is 9.58. The van der Waals surface area contributed by atoms with E-state index in [0.717, 1.165) is 38.8 Å². The number of piperidine rings is 1. The van der Waals surface area contributed by atoms with E-state index in [0.29, 0.717) is 35.8 Å². The molecule has 3 heterocycles. The lowest BCUT2D eigenvalue weighted by molar-refractivity contribution is -0.117. The molecule has 0 aliphatic carbocycles. The number of nitrogens with zero attached hydrogens (tertiary/aromatic N) is 1. The van der Waals surface area contributed by atoms with Gasteiger partial charge in [0.15, 0.2) is 0 Å². The third-order valence-corrected chi connectivity index (χ3v) is 5.88. The second-order valence-electron chi connectivity index (χ2n) is 7.90. The van der Waals surface area contributed by atoms with E-state index >= 15 is 0 Å². The Morgan fingerprint density at radius 2 is 1.59 bits per heavy atom. The van der Waals surface area contributed by atoms with E-state index in [1.165, 1.54) is 12.8 Å². The topological polar surface area (TPSA) is 73.5 Å². The highest BCUT2D eigenvalue weighted by molar-refractivity contribution is 5.99. The van der Waals surface area contributed by atoms with Gasteiger partial charge in [-0.2, -0.15) is 0 Å². The van der Waals surface area contributed by atoms with Gasteiger partial charge in [0.25, 0.3) is 0 Å². The van der Waals surface area contributed by atoms with Crippen molar-refractivity contribution in [2.45, 2.75) is 57.0 Å². The van der Waals surface area contributed by atoms with Gasteiger partial charge in [-0.15, -0.1) is 12.4 Å². The summed E-state index contributed by atoms with van der Waals surface area (Å²) in [7, 11) is 0. The molecule has 7 heteroatoms. The summed E-state index contributed by atoms with van der Waals surface area (Å²) in [5.74, 6) is 0.499. The molecule has 3 amide bonds. The Balaban J connectivity index is 0.00000210. The van der Waals surface area contributed by atoms with Crippen molar-refractivity contribution in [1.29, 1.82) is 0 Å². The molecule has 1 aromatic rings. The monoisotopic (exact) mass is 392 g/mol. The normalized spacial score (nSPS) is 26.4. The van der Waals surface area contributed by atoms with Crippen LogP contribution in [0, 0.1) is 5.92 Å². The van der Waals surface area contributed by atoms with Gasteiger partial charge in [-0.25, -0.2) is 4.79 Å². The number of rotatable bonds is 4. The molecule has 2 unspecified atom stereocenters. The van der Waals surface area contributed by atoms with E-state index in [1.54, 1.807) is 0 Å². The minimum atomic E-state index is -0.0841. The SMILES string of the molecule is Cl.O=C(CC1CC2CCC(C1)N2)Nc1ccccc1NC(=O)N1CCCC1. The lowest BCUT2D eigenvalue weighted by Crippen LogP contribution is -2.39. The van der Waals surface area contributed by atoms with Crippen LogP contribution < -0.4 is 16.0 Å². The number of likely N-dealkylation sites (tertiary alicyclic amines) is 1. The lowest BCUT2D eigenvalue weighted by atomic mass is 9.89. The molecule has 4 rings (SSSR count). The number of carbonyl (C=O) groups excluding carboxylic acids is 2. The molecular weight excluding hydrogens is 364 g/mol. The molecule has 0 aromatic heterocycles. The third-order valence-electron chi connectivity index (χ3n) is 5.88. The summed E-state index contributed by atoms with van der Waals surface area (Å²) in [6.45, 7) is 1.61. The molecule has 3 saturated heterocycles. The number of hydrogen-bond acceptors (Lipinski definition) is 3. The van der Waals surface area contributed by atoms with Crippen LogP contribution in [0.15, 0.2) is 24.3 Å². The number of para-hydroxylation sites is 2. The molecule has 148 valence electrons. The van der Waals surface area contributed by atoms with Crippen LogP contribution in [0.25, 0.3) is 0 Å². The van der Waals surface area contributed by atoms with Gasteiger partial charge >= 0.3 is 6.03 Å². The fourth-order valence-electron chi connectivity index (χ4n) is 4.62. The number of urea groups is 1. The van der Waals surface area contributed by atoms with E-state index in [2.05, 4.69) is 16.0 Å². The van der Waals surface area contributed by atoms with Gasteiger partial charge in [0.05, 0.1) is 11.4 Å². The van der Waals surface area contributed by atoms with Gasteiger partial charge in [0.2, 0.25) is 5.91 Å². The number of halogens is 1. The number of amides is 3. The zero-order chi connectivity index (χ0) is 17.9. The first kappa shape index (κ1) is 20.0. The van der Waals surface area contributed by atoms with Crippen LogP contribution in [0.1, 0.15) is 44.9 Å². The number of anilines is 2. The summed E-state index contributed by atoms with van der Waals surface area (Å²) < 4.78 is 0. The highest BCUT2D eigenvalue weighted by Gasteiger charge is 2.34. The van der Waals surface area contributed by atoms with Crippen LogP contribution in [-0.4, -0.2) is 42.0 Å². The summed E-state index contributed by atoms with van der Waals surface area (Å²) >= 11 is 0. The zero-order valence-electron chi connectivity index (χ0n) is 15.6. The Morgan fingerprint density at radius 1 is 1.00 bits per heavy atom. The summed E-state index contributed by atoms with van der Waals surface area (Å²) in [6.07, 6.45) is 7.36. The van der Waals surface area contributed by atoms with E-state index in [4.69, 9.17) is 0 Å². The Bertz CT molecular complexity index is 666. The van der Waals surface area contributed by atoms with E-state index in [-0.39, 0.29) is 24.3 Å². The van der Waals surface area contributed by atoms with Crippen molar-refractivity contribution in [3.05, 3.63) is 24.3 Å². The van der Waals surface area contributed by atoms with Gasteiger partial charge < -0.3 is 20.9 Å². The van der Waals surface area contributed by atoms with Crippen molar-refractivity contribution in [1.82, 2.24) is 10.2 Å². The van der Waals surface area contributed by atoms with Crippen LogP contribution in [-0.2, 0) is 4.79 Å². The van der Waals surface area contributed by atoms with Crippen molar-refractivity contribution >= 4 is 35.7 Å². The first-order valence-corrected chi connectivity index (χ1v) is 9.88. The summed E-state index contributed by atoms with van der Waals surface area (Å²) in [4.78, 5) is 26.7. The minimum Gasteiger partial charge on any atom is -0.325 e. The number of fused-ring (bicyclic) bond motifs is 2.